The number of carbonyl (C=O) groups is 1. The summed E-state index contributed by atoms with van der Waals surface area (Å²) >= 11 is 0. The Hall–Kier alpha value is -1.89. The molecule has 106 valence electrons. The first-order valence-corrected chi connectivity index (χ1v) is 6.22. The molecule has 0 unspecified atom stereocenters. The first-order valence-electron chi connectivity index (χ1n) is 6.22. The molecular weight excluding hydrogens is 246 g/mol. The molecule has 2 N–H and O–H groups in total. The van der Waals surface area contributed by atoms with Crippen molar-refractivity contribution in [2.45, 2.75) is 13.5 Å². The molecule has 0 fully saturated rings. The van der Waals surface area contributed by atoms with Crippen molar-refractivity contribution in [3.05, 3.63) is 22.6 Å². The van der Waals surface area contributed by atoms with E-state index in [9.17, 15) is 9.59 Å². The van der Waals surface area contributed by atoms with Gasteiger partial charge in [-0.15, -0.1) is 0 Å². The highest BCUT2D eigenvalue weighted by Crippen LogP contribution is 2.05. The van der Waals surface area contributed by atoms with Crippen molar-refractivity contribution >= 4 is 11.6 Å². The molecular formula is C12H21N5O2. The summed E-state index contributed by atoms with van der Waals surface area (Å²) in [6.45, 7) is 3.58. The standard InChI is InChI=1S/C12H21N5O2/c1-4-15(2)12(19)9-17-11(18)7-10(8-14-17)16(3)6-5-13/h7-8H,4-6,9,13H2,1-3H3. The van der Waals surface area contributed by atoms with Crippen molar-refractivity contribution in [3.63, 3.8) is 0 Å². The topological polar surface area (TPSA) is 84.5 Å². The molecule has 7 nitrogen and oxygen atoms in total. The summed E-state index contributed by atoms with van der Waals surface area (Å²) in [5, 5.41) is 4.01. The highest BCUT2D eigenvalue weighted by atomic mass is 16.2. The fraction of sp³-hybridized carbons (Fsp3) is 0.583. The molecule has 0 aliphatic rings. The third-order valence-corrected chi connectivity index (χ3v) is 2.95. The fourth-order valence-corrected chi connectivity index (χ4v) is 1.50. The van der Waals surface area contributed by atoms with Crippen LogP contribution in [0.5, 0.6) is 0 Å². The second-order valence-corrected chi connectivity index (χ2v) is 4.33. The molecule has 1 aromatic heterocycles. The van der Waals surface area contributed by atoms with Crippen LogP contribution in [0.4, 0.5) is 5.69 Å². The maximum atomic E-state index is 11.9. The molecule has 1 rings (SSSR count). The summed E-state index contributed by atoms with van der Waals surface area (Å²) in [4.78, 5) is 27.0. The molecule has 0 spiro atoms. The van der Waals surface area contributed by atoms with E-state index >= 15 is 0 Å². The number of nitrogens with zero attached hydrogens (tertiary/aromatic N) is 4. The third kappa shape index (κ3) is 4.06. The Morgan fingerprint density at radius 3 is 2.68 bits per heavy atom. The monoisotopic (exact) mass is 267 g/mol. The normalized spacial score (nSPS) is 10.3. The van der Waals surface area contributed by atoms with Gasteiger partial charge in [0, 0.05) is 39.8 Å². The van der Waals surface area contributed by atoms with Crippen LogP contribution in [-0.2, 0) is 11.3 Å². The van der Waals surface area contributed by atoms with Crippen LogP contribution in [0.1, 0.15) is 6.92 Å². The molecule has 0 atom stereocenters. The van der Waals surface area contributed by atoms with E-state index in [0.29, 0.717) is 25.3 Å². The predicted octanol–water partition coefficient (Wildman–Crippen LogP) is -0.883. The lowest BCUT2D eigenvalue weighted by Gasteiger charge is -2.18. The van der Waals surface area contributed by atoms with Gasteiger partial charge < -0.3 is 15.5 Å². The average Bonchev–Trinajstić information content (AvgIpc) is 2.40. The number of amides is 1. The quantitative estimate of drug-likeness (QED) is 0.723. The average molecular weight is 267 g/mol. The molecule has 0 saturated carbocycles. The van der Waals surface area contributed by atoms with Gasteiger partial charge in [0.05, 0.1) is 11.9 Å². The van der Waals surface area contributed by atoms with Gasteiger partial charge in [0.1, 0.15) is 6.54 Å². The van der Waals surface area contributed by atoms with E-state index in [1.165, 1.54) is 6.07 Å². The highest BCUT2D eigenvalue weighted by molar-refractivity contribution is 5.75. The van der Waals surface area contributed by atoms with Gasteiger partial charge in [0.15, 0.2) is 0 Å². The number of carbonyl (C=O) groups excluding carboxylic acids is 1. The van der Waals surface area contributed by atoms with Gasteiger partial charge >= 0.3 is 0 Å². The van der Waals surface area contributed by atoms with Crippen molar-refractivity contribution in [1.29, 1.82) is 0 Å². The second kappa shape index (κ2) is 6.89. The van der Waals surface area contributed by atoms with Crippen LogP contribution < -0.4 is 16.2 Å². The van der Waals surface area contributed by atoms with Crippen LogP contribution in [0, 0.1) is 0 Å². The third-order valence-electron chi connectivity index (χ3n) is 2.95. The van der Waals surface area contributed by atoms with Crippen molar-refractivity contribution in [2.75, 3.05) is 38.6 Å². The Morgan fingerprint density at radius 2 is 2.16 bits per heavy atom. The van der Waals surface area contributed by atoms with E-state index in [2.05, 4.69) is 5.10 Å². The van der Waals surface area contributed by atoms with Crippen LogP contribution in [0.15, 0.2) is 17.1 Å². The maximum absolute atomic E-state index is 11.9. The lowest BCUT2D eigenvalue weighted by atomic mass is 10.4. The van der Waals surface area contributed by atoms with E-state index in [0.717, 1.165) is 4.68 Å². The molecule has 0 bridgehead atoms. The summed E-state index contributed by atoms with van der Waals surface area (Å²) < 4.78 is 1.16. The van der Waals surface area contributed by atoms with E-state index in [1.54, 1.807) is 18.1 Å². The van der Waals surface area contributed by atoms with Gasteiger partial charge in [-0.25, -0.2) is 4.68 Å². The van der Waals surface area contributed by atoms with Gasteiger partial charge in [-0.2, -0.15) is 5.10 Å². The zero-order valence-electron chi connectivity index (χ0n) is 11.7. The van der Waals surface area contributed by atoms with Gasteiger partial charge in [-0.1, -0.05) is 0 Å². The molecule has 19 heavy (non-hydrogen) atoms. The maximum Gasteiger partial charge on any atom is 0.269 e. The number of hydrogen-bond donors (Lipinski definition) is 1. The number of aromatic nitrogens is 2. The van der Waals surface area contributed by atoms with Crippen molar-refractivity contribution < 1.29 is 4.79 Å². The Kier molecular flexibility index (Phi) is 5.50. The van der Waals surface area contributed by atoms with E-state index < -0.39 is 0 Å². The minimum atomic E-state index is -0.292. The zero-order valence-corrected chi connectivity index (χ0v) is 11.7. The molecule has 0 aliphatic heterocycles. The minimum Gasteiger partial charge on any atom is -0.372 e. The largest absolute Gasteiger partial charge is 0.372 e. The van der Waals surface area contributed by atoms with E-state index in [-0.39, 0.29) is 18.0 Å². The Bertz CT molecular complexity index is 485. The smallest absolute Gasteiger partial charge is 0.269 e. The second-order valence-electron chi connectivity index (χ2n) is 4.33. The molecule has 7 heteroatoms. The predicted molar refractivity (Wildman–Crippen MR) is 74.1 cm³/mol. The first-order chi connectivity index (χ1) is 8.99. The van der Waals surface area contributed by atoms with Gasteiger partial charge in [-0.05, 0) is 6.92 Å². The molecule has 0 aromatic carbocycles. The van der Waals surface area contributed by atoms with Gasteiger partial charge in [0.2, 0.25) is 5.91 Å². The molecule has 0 radical (unpaired) electrons. The Balaban J connectivity index is 2.83. The lowest BCUT2D eigenvalue weighted by molar-refractivity contribution is -0.130. The number of hydrogen-bond acceptors (Lipinski definition) is 5. The SMILES string of the molecule is CCN(C)C(=O)Cn1ncc(N(C)CCN)cc1=O. The number of rotatable bonds is 6. The number of anilines is 1. The summed E-state index contributed by atoms with van der Waals surface area (Å²) in [7, 11) is 3.53. The van der Waals surface area contributed by atoms with Crippen LogP contribution in [0.3, 0.4) is 0 Å². The molecule has 1 heterocycles. The summed E-state index contributed by atoms with van der Waals surface area (Å²) in [5.41, 5.74) is 5.86. The van der Waals surface area contributed by atoms with Crippen LogP contribution >= 0.6 is 0 Å². The van der Waals surface area contributed by atoms with Gasteiger partial charge in [0.25, 0.3) is 5.56 Å². The van der Waals surface area contributed by atoms with E-state index in [1.807, 2.05) is 18.9 Å². The molecule has 0 saturated heterocycles. The first kappa shape index (κ1) is 15.2. The van der Waals surface area contributed by atoms with Crippen LogP contribution in [-0.4, -0.2) is 54.3 Å². The summed E-state index contributed by atoms with van der Waals surface area (Å²) in [6, 6.07) is 1.46. The Labute approximate surface area is 112 Å². The number of nitrogens with two attached hydrogens (primary N) is 1. The Morgan fingerprint density at radius 1 is 1.47 bits per heavy atom. The van der Waals surface area contributed by atoms with E-state index in [4.69, 9.17) is 5.73 Å². The van der Waals surface area contributed by atoms with Crippen molar-refractivity contribution in [2.24, 2.45) is 5.73 Å². The van der Waals surface area contributed by atoms with Gasteiger partial charge in [-0.3, -0.25) is 9.59 Å². The van der Waals surface area contributed by atoms with Crippen molar-refractivity contribution in [1.82, 2.24) is 14.7 Å². The zero-order chi connectivity index (χ0) is 14.4. The van der Waals surface area contributed by atoms with Crippen LogP contribution in [0.25, 0.3) is 0 Å². The highest BCUT2D eigenvalue weighted by Gasteiger charge is 2.10. The summed E-state index contributed by atoms with van der Waals surface area (Å²) in [5.74, 6) is -0.139. The number of likely N-dealkylation sites (N-methyl/N-ethyl adjacent to an activating group) is 2. The molecule has 1 aromatic rings. The lowest BCUT2D eigenvalue weighted by Crippen LogP contribution is -2.35. The molecule has 1 amide bonds. The summed E-state index contributed by atoms with van der Waals surface area (Å²) in [6.07, 6.45) is 1.57. The van der Waals surface area contributed by atoms with Crippen LogP contribution in [0.2, 0.25) is 0 Å². The fourth-order valence-electron chi connectivity index (χ4n) is 1.50. The van der Waals surface area contributed by atoms with Crippen molar-refractivity contribution in [3.8, 4) is 0 Å². The minimum absolute atomic E-state index is 0.0376. The molecule has 0 aliphatic carbocycles.